The lowest BCUT2D eigenvalue weighted by atomic mass is 10.0. The highest BCUT2D eigenvalue weighted by molar-refractivity contribution is 4.94. The van der Waals surface area contributed by atoms with Gasteiger partial charge in [-0.05, 0) is 32.1 Å². The maximum absolute atomic E-state index is 3.55. The van der Waals surface area contributed by atoms with Crippen molar-refractivity contribution in [2.45, 2.75) is 38.3 Å². The number of hydrogen-bond acceptors (Lipinski definition) is 1. The molecule has 1 heteroatoms. The zero-order chi connectivity index (χ0) is 5.56. The largest absolute Gasteiger partial charge is 0.311 e. The SMILES string of the molecule is C[C@@H]1N[C@H]2CC[C@@H]1C2. The smallest absolute Gasteiger partial charge is 0.00729 e. The minimum atomic E-state index is 0.828. The number of rotatable bonds is 0. The second kappa shape index (κ2) is 1.47. The summed E-state index contributed by atoms with van der Waals surface area (Å²) < 4.78 is 0. The first-order chi connectivity index (χ1) is 3.86. The van der Waals surface area contributed by atoms with Gasteiger partial charge in [0.2, 0.25) is 0 Å². The van der Waals surface area contributed by atoms with Crippen LogP contribution in [-0.4, -0.2) is 12.1 Å². The highest BCUT2D eigenvalue weighted by Crippen LogP contribution is 2.34. The zero-order valence-corrected chi connectivity index (χ0v) is 5.35. The average molecular weight is 111 g/mol. The van der Waals surface area contributed by atoms with Gasteiger partial charge in [0.05, 0.1) is 0 Å². The Bertz CT molecular complexity index is 98.6. The molecule has 2 aliphatic rings. The van der Waals surface area contributed by atoms with E-state index in [1.165, 1.54) is 19.3 Å². The predicted octanol–water partition coefficient (Wildman–Crippen LogP) is 1.15. The third-order valence-corrected chi connectivity index (χ3v) is 2.68. The van der Waals surface area contributed by atoms with Gasteiger partial charge in [0.15, 0.2) is 0 Å². The lowest BCUT2D eigenvalue weighted by Gasteiger charge is -2.17. The molecule has 46 valence electrons. The Balaban J connectivity index is 2.11. The van der Waals surface area contributed by atoms with E-state index in [9.17, 15) is 0 Å². The maximum Gasteiger partial charge on any atom is 0.00729 e. The van der Waals surface area contributed by atoms with E-state index < -0.39 is 0 Å². The first-order valence-electron chi connectivity index (χ1n) is 3.62. The molecule has 1 heterocycles. The second-order valence-corrected chi connectivity index (χ2v) is 3.23. The van der Waals surface area contributed by atoms with E-state index in [0.29, 0.717) is 0 Å². The molecular formula is C7H13N. The van der Waals surface area contributed by atoms with Crippen molar-refractivity contribution in [2.75, 3.05) is 0 Å². The third kappa shape index (κ3) is 0.510. The van der Waals surface area contributed by atoms with Crippen LogP contribution in [0, 0.1) is 5.92 Å². The highest BCUT2D eigenvalue weighted by atomic mass is 15.0. The molecule has 0 amide bonds. The molecule has 0 aromatic carbocycles. The summed E-state index contributed by atoms with van der Waals surface area (Å²) in [5.74, 6) is 1.03. The molecule has 3 atom stereocenters. The monoisotopic (exact) mass is 111 g/mol. The molecule has 0 aromatic rings. The Kier molecular flexibility index (Phi) is 0.884. The first kappa shape index (κ1) is 4.80. The summed E-state index contributed by atoms with van der Waals surface area (Å²) in [7, 11) is 0. The zero-order valence-electron chi connectivity index (χ0n) is 5.35. The molecule has 0 radical (unpaired) electrons. The Morgan fingerprint density at radius 1 is 1.38 bits per heavy atom. The van der Waals surface area contributed by atoms with Crippen molar-refractivity contribution >= 4 is 0 Å². The van der Waals surface area contributed by atoms with E-state index in [1.54, 1.807) is 0 Å². The molecule has 1 aliphatic carbocycles. The molecule has 1 N–H and O–H groups in total. The summed E-state index contributed by atoms with van der Waals surface area (Å²) in [4.78, 5) is 0. The summed E-state index contributed by atoms with van der Waals surface area (Å²) in [5.41, 5.74) is 0. The summed E-state index contributed by atoms with van der Waals surface area (Å²) in [6.07, 6.45) is 4.38. The molecular weight excluding hydrogens is 98.1 g/mol. The van der Waals surface area contributed by atoms with E-state index in [2.05, 4.69) is 12.2 Å². The van der Waals surface area contributed by atoms with Crippen LogP contribution in [0.15, 0.2) is 0 Å². The van der Waals surface area contributed by atoms with Crippen molar-refractivity contribution in [2.24, 2.45) is 5.92 Å². The summed E-state index contributed by atoms with van der Waals surface area (Å²) in [6.45, 7) is 2.31. The first-order valence-corrected chi connectivity index (χ1v) is 3.62. The molecule has 0 unspecified atom stereocenters. The van der Waals surface area contributed by atoms with E-state index in [1.807, 2.05) is 0 Å². The summed E-state index contributed by atoms with van der Waals surface area (Å²) in [6, 6.07) is 1.73. The van der Waals surface area contributed by atoms with Crippen LogP contribution in [0.3, 0.4) is 0 Å². The van der Waals surface area contributed by atoms with Crippen molar-refractivity contribution in [1.82, 2.24) is 5.32 Å². The fourth-order valence-electron chi connectivity index (χ4n) is 2.13. The highest BCUT2D eigenvalue weighted by Gasteiger charge is 2.35. The maximum atomic E-state index is 3.55. The number of piperidine rings is 1. The van der Waals surface area contributed by atoms with Gasteiger partial charge < -0.3 is 5.32 Å². The van der Waals surface area contributed by atoms with Crippen LogP contribution in [-0.2, 0) is 0 Å². The van der Waals surface area contributed by atoms with Crippen molar-refractivity contribution < 1.29 is 0 Å². The topological polar surface area (TPSA) is 12.0 Å². The van der Waals surface area contributed by atoms with E-state index in [0.717, 1.165) is 18.0 Å². The molecule has 2 fully saturated rings. The van der Waals surface area contributed by atoms with Crippen LogP contribution in [0.1, 0.15) is 26.2 Å². The van der Waals surface area contributed by atoms with Crippen molar-refractivity contribution in [1.29, 1.82) is 0 Å². The van der Waals surface area contributed by atoms with Crippen LogP contribution in [0.25, 0.3) is 0 Å². The van der Waals surface area contributed by atoms with Gasteiger partial charge in [-0.15, -0.1) is 0 Å². The van der Waals surface area contributed by atoms with Gasteiger partial charge in [-0.2, -0.15) is 0 Å². The molecule has 1 saturated heterocycles. The minimum Gasteiger partial charge on any atom is -0.311 e. The van der Waals surface area contributed by atoms with E-state index in [-0.39, 0.29) is 0 Å². The number of hydrogen-bond donors (Lipinski definition) is 1. The third-order valence-electron chi connectivity index (χ3n) is 2.68. The van der Waals surface area contributed by atoms with Gasteiger partial charge in [0, 0.05) is 12.1 Å². The molecule has 1 aliphatic heterocycles. The van der Waals surface area contributed by atoms with Crippen LogP contribution in [0.4, 0.5) is 0 Å². The van der Waals surface area contributed by atoms with Crippen LogP contribution >= 0.6 is 0 Å². The molecule has 8 heavy (non-hydrogen) atoms. The Hall–Kier alpha value is -0.0400. The van der Waals surface area contributed by atoms with Crippen molar-refractivity contribution in [3.63, 3.8) is 0 Å². The minimum absolute atomic E-state index is 0.828. The molecule has 2 bridgehead atoms. The van der Waals surface area contributed by atoms with Crippen LogP contribution < -0.4 is 5.32 Å². The van der Waals surface area contributed by atoms with Gasteiger partial charge in [0.25, 0.3) is 0 Å². The second-order valence-electron chi connectivity index (χ2n) is 3.23. The molecule has 1 nitrogen and oxygen atoms in total. The molecule has 2 rings (SSSR count). The molecule has 1 saturated carbocycles. The number of nitrogens with one attached hydrogen (secondary N) is 1. The van der Waals surface area contributed by atoms with Gasteiger partial charge >= 0.3 is 0 Å². The lowest BCUT2D eigenvalue weighted by Crippen LogP contribution is -2.32. The van der Waals surface area contributed by atoms with Gasteiger partial charge in [-0.25, -0.2) is 0 Å². The summed E-state index contributed by atoms with van der Waals surface area (Å²) in [5, 5.41) is 3.55. The Labute approximate surface area is 50.5 Å². The lowest BCUT2D eigenvalue weighted by molar-refractivity contribution is 0.405. The van der Waals surface area contributed by atoms with Crippen molar-refractivity contribution in [3.8, 4) is 0 Å². The van der Waals surface area contributed by atoms with Crippen molar-refractivity contribution in [3.05, 3.63) is 0 Å². The van der Waals surface area contributed by atoms with E-state index in [4.69, 9.17) is 0 Å². The normalized spacial score (nSPS) is 52.9. The predicted molar refractivity (Wildman–Crippen MR) is 33.7 cm³/mol. The number of fused-ring (bicyclic) bond motifs is 2. The fourth-order valence-corrected chi connectivity index (χ4v) is 2.13. The Morgan fingerprint density at radius 3 is 2.50 bits per heavy atom. The fraction of sp³-hybridized carbons (Fsp3) is 1.00. The standard InChI is InChI=1S/C7H13N/c1-5-6-2-3-7(4-6)8-5/h5-8H,2-4H2,1H3/t5-,6+,7-/m0/s1. The quantitative estimate of drug-likeness (QED) is 0.494. The van der Waals surface area contributed by atoms with Crippen LogP contribution in [0.2, 0.25) is 0 Å². The van der Waals surface area contributed by atoms with E-state index >= 15 is 0 Å². The molecule has 0 spiro atoms. The van der Waals surface area contributed by atoms with Crippen LogP contribution in [0.5, 0.6) is 0 Å². The van der Waals surface area contributed by atoms with Gasteiger partial charge in [-0.1, -0.05) is 0 Å². The Morgan fingerprint density at radius 2 is 2.25 bits per heavy atom. The van der Waals surface area contributed by atoms with Gasteiger partial charge in [-0.3, -0.25) is 0 Å². The van der Waals surface area contributed by atoms with Gasteiger partial charge in [0.1, 0.15) is 0 Å². The average Bonchev–Trinajstić information content (AvgIpc) is 2.23. The summed E-state index contributed by atoms with van der Waals surface area (Å²) >= 11 is 0. The molecule has 0 aromatic heterocycles.